The molecule has 0 aromatic rings. The lowest BCUT2D eigenvalue weighted by atomic mass is 9.62. The van der Waals surface area contributed by atoms with Gasteiger partial charge in [0, 0.05) is 23.3 Å². The standard InChI is InChI=1S/C14H18O2/c1-8-2-3-9-4-5-12-14(9)10(7-16-12)6-11(15)13(8)14/h9-10,12H,2-7H2,1H3/t9-,10?,12-,14+/m1/s1. The van der Waals surface area contributed by atoms with Gasteiger partial charge in [0.25, 0.3) is 0 Å². The summed E-state index contributed by atoms with van der Waals surface area (Å²) in [6, 6.07) is 0. The second-order valence-corrected chi connectivity index (χ2v) is 6.05. The van der Waals surface area contributed by atoms with Gasteiger partial charge in [0.1, 0.15) is 0 Å². The molecule has 4 atom stereocenters. The molecule has 1 aliphatic heterocycles. The first-order chi connectivity index (χ1) is 7.74. The van der Waals surface area contributed by atoms with Crippen molar-refractivity contribution in [3.8, 4) is 0 Å². The summed E-state index contributed by atoms with van der Waals surface area (Å²) in [5.41, 5.74) is 2.77. The van der Waals surface area contributed by atoms with Crippen molar-refractivity contribution < 1.29 is 9.53 Å². The van der Waals surface area contributed by atoms with E-state index >= 15 is 0 Å². The summed E-state index contributed by atoms with van der Waals surface area (Å²) >= 11 is 0. The second-order valence-electron chi connectivity index (χ2n) is 6.05. The Bertz CT molecular complexity index is 409. The van der Waals surface area contributed by atoms with Gasteiger partial charge < -0.3 is 4.74 Å². The molecule has 1 spiro atoms. The second kappa shape index (κ2) is 2.79. The quantitative estimate of drug-likeness (QED) is 0.624. The molecule has 0 amide bonds. The zero-order valence-corrected chi connectivity index (χ0v) is 9.79. The molecular weight excluding hydrogens is 200 g/mol. The number of allylic oxidation sites excluding steroid dienone is 1. The van der Waals surface area contributed by atoms with Crippen LogP contribution in [0.5, 0.6) is 0 Å². The molecule has 2 heteroatoms. The van der Waals surface area contributed by atoms with Gasteiger partial charge in [-0.25, -0.2) is 0 Å². The average Bonchev–Trinajstić information content (AvgIpc) is 2.83. The van der Waals surface area contributed by atoms with Crippen LogP contribution in [0.15, 0.2) is 11.1 Å². The van der Waals surface area contributed by atoms with Crippen molar-refractivity contribution in [2.24, 2.45) is 17.3 Å². The summed E-state index contributed by atoms with van der Waals surface area (Å²) in [6.45, 7) is 3.01. The first-order valence-corrected chi connectivity index (χ1v) is 6.59. The Morgan fingerprint density at radius 2 is 2.12 bits per heavy atom. The van der Waals surface area contributed by atoms with Crippen LogP contribution in [0.1, 0.15) is 39.0 Å². The van der Waals surface area contributed by atoms with Crippen molar-refractivity contribution in [1.82, 2.24) is 0 Å². The van der Waals surface area contributed by atoms with E-state index in [0.717, 1.165) is 25.4 Å². The summed E-state index contributed by atoms with van der Waals surface area (Å²) < 4.78 is 5.98. The third kappa shape index (κ3) is 0.806. The highest BCUT2D eigenvalue weighted by molar-refractivity contribution is 6.01. The maximum Gasteiger partial charge on any atom is 0.159 e. The Morgan fingerprint density at radius 3 is 3.00 bits per heavy atom. The van der Waals surface area contributed by atoms with Crippen LogP contribution in [-0.2, 0) is 9.53 Å². The number of carbonyl (C=O) groups excluding carboxylic acids is 1. The molecule has 0 aromatic heterocycles. The van der Waals surface area contributed by atoms with Crippen LogP contribution >= 0.6 is 0 Å². The van der Waals surface area contributed by atoms with Crippen LogP contribution in [0.3, 0.4) is 0 Å². The van der Waals surface area contributed by atoms with Gasteiger partial charge in [0.2, 0.25) is 0 Å². The highest BCUT2D eigenvalue weighted by atomic mass is 16.5. The molecule has 16 heavy (non-hydrogen) atoms. The smallest absolute Gasteiger partial charge is 0.159 e. The van der Waals surface area contributed by atoms with Crippen molar-refractivity contribution in [2.75, 3.05) is 6.61 Å². The van der Waals surface area contributed by atoms with Crippen molar-refractivity contribution in [1.29, 1.82) is 0 Å². The van der Waals surface area contributed by atoms with E-state index in [1.807, 2.05) is 0 Å². The monoisotopic (exact) mass is 218 g/mol. The molecule has 1 heterocycles. The Labute approximate surface area is 96.0 Å². The normalized spacial score (nSPS) is 49.8. The lowest BCUT2D eigenvalue weighted by molar-refractivity contribution is -0.115. The van der Waals surface area contributed by atoms with E-state index in [0.29, 0.717) is 17.8 Å². The minimum Gasteiger partial charge on any atom is -0.377 e. The zero-order chi connectivity index (χ0) is 10.9. The van der Waals surface area contributed by atoms with Gasteiger partial charge in [-0.3, -0.25) is 4.79 Å². The van der Waals surface area contributed by atoms with Crippen molar-refractivity contribution in [3.05, 3.63) is 11.1 Å². The molecule has 1 saturated heterocycles. The largest absolute Gasteiger partial charge is 0.377 e. The molecule has 0 aromatic carbocycles. The minimum atomic E-state index is 0.180. The zero-order valence-electron chi connectivity index (χ0n) is 9.79. The summed E-state index contributed by atoms with van der Waals surface area (Å²) in [4.78, 5) is 12.2. The van der Waals surface area contributed by atoms with Gasteiger partial charge in [-0.2, -0.15) is 0 Å². The van der Waals surface area contributed by atoms with E-state index in [1.165, 1.54) is 30.4 Å². The Hall–Kier alpha value is -0.630. The molecule has 3 aliphatic carbocycles. The molecule has 0 N–H and O–H groups in total. The number of Topliss-reactive ketones (excluding diaryl/α,β-unsaturated/α-hetero) is 1. The summed E-state index contributed by atoms with van der Waals surface area (Å²) in [6.07, 6.45) is 6.04. The maximum atomic E-state index is 12.2. The molecule has 0 bridgehead atoms. The number of ether oxygens (including phenoxy) is 1. The molecule has 0 radical (unpaired) electrons. The van der Waals surface area contributed by atoms with Gasteiger partial charge in [0.05, 0.1) is 12.7 Å². The first-order valence-electron chi connectivity index (χ1n) is 6.59. The fraction of sp³-hybridized carbons (Fsp3) is 0.786. The fourth-order valence-corrected chi connectivity index (χ4v) is 5.15. The third-order valence-corrected chi connectivity index (χ3v) is 5.60. The van der Waals surface area contributed by atoms with Gasteiger partial charge in [-0.15, -0.1) is 0 Å². The number of rotatable bonds is 0. The molecule has 2 saturated carbocycles. The molecule has 4 aliphatic rings. The Balaban J connectivity index is 1.98. The van der Waals surface area contributed by atoms with E-state index in [9.17, 15) is 4.79 Å². The van der Waals surface area contributed by atoms with Crippen molar-refractivity contribution >= 4 is 5.78 Å². The Morgan fingerprint density at radius 1 is 1.25 bits per heavy atom. The molecule has 3 fully saturated rings. The van der Waals surface area contributed by atoms with Crippen molar-refractivity contribution in [2.45, 2.75) is 45.1 Å². The lowest BCUT2D eigenvalue weighted by Crippen LogP contribution is -2.39. The number of carbonyl (C=O) groups is 1. The lowest BCUT2D eigenvalue weighted by Gasteiger charge is -2.40. The predicted octanol–water partition coefficient (Wildman–Crippen LogP) is 2.48. The number of hydrogen-bond donors (Lipinski definition) is 0. The highest BCUT2D eigenvalue weighted by Crippen LogP contribution is 2.66. The van der Waals surface area contributed by atoms with Gasteiger partial charge in [0.15, 0.2) is 5.78 Å². The summed E-state index contributed by atoms with van der Waals surface area (Å²) in [5, 5.41) is 0. The van der Waals surface area contributed by atoms with E-state index in [2.05, 4.69) is 6.92 Å². The van der Waals surface area contributed by atoms with E-state index in [1.54, 1.807) is 0 Å². The van der Waals surface area contributed by atoms with Crippen LogP contribution in [0.2, 0.25) is 0 Å². The van der Waals surface area contributed by atoms with Crippen molar-refractivity contribution in [3.63, 3.8) is 0 Å². The molecule has 1 unspecified atom stereocenters. The summed E-state index contributed by atoms with van der Waals surface area (Å²) in [7, 11) is 0. The highest BCUT2D eigenvalue weighted by Gasteiger charge is 2.67. The SMILES string of the molecule is CC1=C2C(=O)CC3CO[C@@H]4CC[C@@H](CC1)[C@]234. The number of ketones is 1. The number of hydrogen-bond acceptors (Lipinski definition) is 2. The Kier molecular flexibility index (Phi) is 1.64. The van der Waals surface area contributed by atoms with Crippen LogP contribution in [-0.4, -0.2) is 18.5 Å². The van der Waals surface area contributed by atoms with Gasteiger partial charge in [-0.1, -0.05) is 5.57 Å². The van der Waals surface area contributed by atoms with Crippen LogP contribution < -0.4 is 0 Å². The minimum absolute atomic E-state index is 0.180. The van der Waals surface area contributed by atoms with Gasteiger partial charge in [-0.05, 0) is 38.5 Å². The summed E-state index contributed by atoms with van der Waals surface area (Å²) in [5.74, 6) is 1.71. The molecule has 86 valence electrons. The average molecular weight is 218 g/mol. The fourth-order valence-electron chi connectivity index (χ4n) is 5.15. The van der Waals surface area contributed by atoms with E-state index in [4.69, 9.17) is 4.74 Å². The van der Waals surface area contributed by atoms with Gasteiger partial charge >= 0.3 is 0 Å². The topological polar surface area (TPSA) is 26.3 Å². The van der Waals surface area contributed by atoms with E-state index < -0.39 is 0 Å². The van der Waals surface area contributed by atoms with Crippen LogP contribution in [0.25, 0.3) is 0 Å². The van der Waals surface area contributed by atoms with Crippen LogP contribution in [0, 0.1) is 17.3 Å². The van der Waals surface area contributed by atoms with E-state index in [-0.39, 0.29) is 5.41 Å². The van der Waals surface area contributed by atoms with Crippen LogP contribution in [0.4, 0.5) is 0 Å². The predicted molar refractivity (Wildman–Crippen MR) is 59.9 cm³/mol. The maximum absolute atomic E-state index is 12.2. The third-order valence-electron chi connectivity index (χ3n) is 5.60. The molecule has 2 nitrogen and oxygen atoms in total. The molecule has 4 rings (SSSR count). The molecular formula is C14H18O2. The first kappa shape index (κ1) is 9.41.